The van der Waals surface area contributed by atoms with Crippen LogP contribution in [0.3, 0.4) is 0 Å². The van der Waals surface area contributed by atoms with E-state index in [0.29, 0.717) is 77.4 Å². The lowest BCUT2D eigenvalue weighted by atomic mass is 9.43. The van der Waals surface area contributed by atoms with Crippen molar-refractivity contribution < 1.29 is 79.0 Å². The lowest BCUT2D eigenvalue weighted by Gasteiger charge is -2.61. The van der Waals surface area contributed by atoms with Gasteiger partial charge in [0.15, 0.2) is 0 Å². The molecule has 0 radical (unpaired) electrons. The Hall–Kier alpha value is -4.36. The predicted molar refractivity (Wildman–Crippen MR) is 251 cm³/mol. The number of hydrogen-bond acceptors (Lipinski definition) is 2. The average Bonchev–Trinajstić information content (AvgIpc) is 1.43. The van der Waals surface area contributed by atoms with Crippen LogP contribution in [0.1, 0.15) is 66.0 Å². The fraction of sp³-hybridized carbons (Fsp3) is 0.714. The van der Waals surface area contributed by atoms with E-state index in [1.165, 1.54) is 12.1 Å². The topological polar surface area (TPSA) is 47.6 Å². The highest BCUT2D eigenvalue weighted by Crippen LogP contribution is 2.96. The van der Waals surface area contributed by atoms with E-state index in [0.717, 1.165) is 25.3 Å². The van der Waals surface area contributed by atoms with Crippen LogP contribution in [0.4, 0.5) is 79.0 Å². The first-order valence-electron chi connectivity index (χ1n) is 29.8. The summed E-state index contributed by atoms with van der Waals surface area (Å²) in [5, 5.41) is 21.2. The molecule has 17 aliphatic rings. The van der Waals surface area contributed by atoms with Gasteiger partial charge in [0.2, 0.25) is 0 Å². The van der Waals surface area contributed by atoms with Crippen LogP contribution in [0.15, 0.2) is 59.7 Å². The van der Waals surface area contributed by atoms with E-state index < -0.39 is 99.7 Å². The molecule has 438 valence electrons. The lowest BCUT2D eigenvalue weighted by molar-refractivity contribution is -0.400. The molecule has 0 heterocycles. The lowest BCUT2D eigenvalue weighted by Crippen LogP contribution is -2.60. The molecular formula is C63H50F18N2. The molecule has 2 aromatic rings. The van der Waals surface area contributed by atoms with Gasteiger partial charge in [-0.15, -0.1) is 0 Å². The standard InChI is InChI=1S/C63H50F18N2/c1-16-29-27-6-4-25-23-2-3-24-26-5-7-28-36-34(26)41-32(24)31(23)40-33(25)35(27)42-38(29)39-30(16)52-51-44(43(36)49-47(41)46(40)48(42)50(49)45(39)51)37(28)53-54(52)55(53,19-9-17(14-82)8-18(10-19)15-83)20-11-21(56(64,65)58(68,69)60(72,73)62(76,77)78)13-22(12-20)57(66,67)59(70,71)61(74,75)63(79,80)81/h4,6,8-13,16,23-41,43-47,49-54H,2-3,5,7H2,1H3. The van der Waals surface area contributed by atoms with Crippen molar-refractivity contribution in [2.75, 3.05) is 0 Å². The van der Waals surface area contributed by atoms with Gasteiger partial charge in [-0.1, -0.05) is 30.2 Å². The van der Waals surface area contributed by atoms with Crippen LogP contribution in [0.2, 0.25) is 0 Å². The first-order chi connectivity index (χ1) is 38.9. The molecule has 0 N–H and O–H groups in total. The molecule has 0 aromatic heterocycles. The first-order valence-corrected chi connectivity index (χ1v) is 29.8. The number of halogens is 18. The normalized spacial score (nSPS) is 52.4. The zero-order valence-electron chi connectivity index (χ0n) is 43.5. The van der Waals surface area contributed by atoms with Gasteiger partial charge in [-0.25, -0.2) is 0 Å². The van der Waals surface area contributed by atoms with Crippen LogP contribution in [0, 0.1) is 206 Å². The van der Waals surface area contributed by atoms with Crippen LogP contribution in [-0.4, -0.2) is 36.0 Å². The van der Waals surface area contributed by atoms with Crippen LogP contribution >= 0.6 is 0 Å². The summed E-state index contributed by atoms with van der Waals surface area (Å²) in [6.07, 6.45) is -6.13. The van der Waals surface area contributed by atoms with E-state index in [9.17, 15) is 36.9 Å². The number of fused-ring (bicyclic) bond motifs is 8. The van der Waals surface area contributed by atoms with Crippen LogP contribution in [0.25, 0.3) is 0 Å². The molecular weight excluding hydrogens is 1130 g/mol. The van der Waals surface area contributed by atoms with Gasteiger partial charge in [-0.05, 0) is 257 Å². The van der Waals surface area contributed by atoms with Crippen LogP contribution in [0.5, 0.6) is 0 Å². The summed E-state index contributed by atoms with van der Waals surface area (Å²) >= 11 is 0. The van der Waals surface area contributed by atoms with Gasteiger partial charge >= 0.3 is 47.9 Å². The van der Waals surface area contributed by atoms with Gasteiger partial charge in [0.25, 0.3) is 0 Å². The van der Waals surface area contributed by atoms with E-state index in [2.05, 4.69) is 19.1 Å². The molecule has 20 heteroatoms. The highest BCUT2D eigenvalue weighted by Gasteiger charge is 2.93. The van der Waals surface area contributed by atoms with Crippen LogP contribution < -0.4 is 0 Å². The Balaban J connectivity index is 0.902. The smallest absolute Gasteiger partial charge is 0.194 e. The molecule has 14 fully saturated rings. The van der Waals surface area contributed by atoms with Crippen molar-refractivity contribution in [3.05, 3.63) is 93.1 Å². The summed E-state index contributed by atoms with van der Waals surface area (Å²) in [5.74, 6) is -41.0. The summed E-state index contributed by atoms with van der Waals surface area (Å²) in [4.78, 5) is 0. The molecule has 2 aromatic carbocycles. The van der Waals surface area contributed by atoms with Crippen molar-refractivity contribution >= 4 is 0 Å². The molecule has 0 aliphatic heterocycles. The Morgan fingerprint density at radius 1 is 0.373 bits per heavy atom. The zero-order chi connectivity index (χ0) is 57.9. The van der Waals surface area contributed by atoms with Crippen molar-refractivity contribution in [3.8, 4) is 12.1 Å². The molecule has 83 heavy (non-hydrogen) atoms. The molecule has 17 aliphatic carbocycles. The Morgan fingerprint density at radius 2 is 0.771 bits per heavy atom. The fourth-order valence-corrected chi connectivity index (χ4v) is 28.9. The number of benzene rings is 2. The summed E-state index contributed by atoms with van der Waals surface area (Å²) < 4.78 is 275. The highest BCUT2D eigenvalue weighted by atomic mass is 19.4. The highest BCUT2D eigenvalue weighted by molar-refractivity contribution is 5.61. The molecule has 2 nitrogen and oxygen atoms in total. The van der Waals surface area contributed by atoms with E-state index in [4.69, 9.17) is 0 Å². The molecule has 0 spiro atoms. The number of rotatable bonds is 8. The summed E-state index contributed by atoms with van der Waals surface area (Å²) in [6, 6.07) is 6.19. The Kier molecular flexibility index (Phi) is 8.55. The van der Waals surface area contributed by atoms with Gasteiger partial charge in [-0.2, -0.15) is 89.6 Å². The third-order valence-corrected chi connectivity index (χ3v) is 29.2. The molecule has 0 saturated heterocycles. The maximum atomic E-state index is 16.9. The van der Waals surface area contributed by atoms with E-state index in [-0.39, 0.29) is 118 Å². The molecule has 14 saturated carbocycles. The summed E-state index contributed by atoms with van der Waals surface area (Å²) in [5.41, 5.74) is -6.53. The quantitative estimate of drug-likeness (QED) is 0.195. The van der Waals surface area contributed by atoms with Crippen LogP contribution in [-0.2, 0) is 17.3 Å². The van der Waals surface area contributed by atoms with Gasteiger partial charge in [0.1, 0.15) is 0 Å². The van der Waals surface area contributed by atoms with Gasteiger partial charge < -0.3 is 0 Å². The number of nitriles is 2. The molecule has 32 unspecified atom stereocenters. The Labute approximate surface area is 462 Å². The summed E-state index contributed by atoms with van der Waals surface area (Å²) in [6.45, 7) is 2.21. The SMILES string of the molecule is CC1C2C3C=CC4C5CCC6C7CCC8C9C7C7C6C5C5C6C%10=C(C3C45)C2C2C1C1C3C2C%10C(C67)C9C3C8C2C1C2(c1cc(C#N)cc(C#N)c1)c1cc(C(F)(F)C(F)(F)C(F)(F)C(F)(F)F)cc(C(F)(F)C(F)(F)C(F)(F)C(F)(F)F)c1. The predicted octanol–water partition coefficient (Wildman–Crippen LogP) is 15.3. The van der Waals surface area contributed by atoms with Crippen molar-refractivity contribution in [3.63, 3.8) is 0 Å². The molecule has 0 bridgehead atoms. The first kappa shape index (κ1) is 50.8. The van der Waals surface area contributed by atoms with Crippen molar-refractivity contribution in [1.29, 1.82) is 10.5 Å². The van der Waals surface area contributed by atoms with E-state index in [1.807, 2.05) is 12.1 Å². The number of hydrogen-bond donors (Lipinski definition) is 0. The third-order valence-electron chi connectivity index (χ3n) is 29.2. The minimum Gasteiger partial charge on any atom is -0.194 e. The largest absolute Gasteiger partial charge is 0.460 e. The minimum absolute atomic E-state index is 0.0449. The minimum atomic E-state index is -7.69. The molecule has 32 atom stereocenters. The van der Waals surface area contributed by atoms with Gasteiger partial charge in [-0.3, -0.25) is 0 Å². The Morgan fingerprint density at radius 3 is 1.31 bits per heavy atom. The zero-order valence-corrected chi connectivity index (χ0v) is 43.5. The van der Waals surface area contributed by atoms with E-state index in [1.54, 1.807) is 11.1 Å². The van der Waals surface area contributed by atoms with Gasteiger partial charge in [0.05, 0.1) is 23.3 Å². The fourth-order valence-electron chi connectivity index (χ4n) is 28.9. The van der Waals surface area contributed by atoms with Gasteiger partial charge in [0, 0.05) is 16.5 Å². The van der Waals surface area contributed by atoms with Crippen molar-refractivity contribution in [2.45, 2.75) is 85.9 Å². The second kappa shape index (κ2) is 14.0. The Bertz CT molecular complexity index is 3450. The van der Waals surface area contributed by atoms with Crippen molar-refractivity contribution in [2.24, 2.45) is 183 Å². The van der Waals surface area contributed by atoms with E-state index >= 15 is 52.7 Å². The molecule has 0 amide bonds. The number of alkyl halides is 18. The number of allylic oxidation sites excluding steroid dienone is 4. The third kappa shape index (κ3) is 4.72. The average molecular weight is 1180 g/mol. The monoisotopic (exact) mass is 1180 g/mol. The molecule has 19 rings (SSSR count). The second-order valence-electron chi connectivity index (χ2n) is 29.8. The second-order valence-corrected chi connectivity index (χ2v) is 29.8. The van der Waals surface area contributed by atoms with Crippen molar-refractivity contribution in [1.82, 2.24) is 0 Å². The maximum absolute atomic E-state index is 16.9. The summed E-state index contributed by atoms with van der Waals surface area (Å²) in [7, 11) is 0. The number of nitrogens with zero attached hydrogens (tertiary/aromatic N) is 2. The maximum Gasteiger partial charge on any atom is 0.460 e.